The number of anilines is 1. The molecule has 1 atom stereocenters. The van der Waals surface area contributed by atoms with Crippen LogP contribution in [0.3, 0.4) is 0 Å². The average molecular weight is 236 g/mol. The fraction of sp³-hybridized carbons (Fsp3) is 0.417. The number of benzene rings is 1. The van der Waals surface area contributed by atoms with Crippen molar-refractivity contribution in [3.63, 3.8) is 0 Å². The lowest BCUT2D eigenvalue weighted by Gasteiger charge is -2.33. The number of hydrogen-bond acceptors (Lipinski definition) is 3. The lowest BCUT2D eigenvalue weighted by Crippen LogP contribution is -2.43. The first kappa shape index (κ1) is 11.3. The largest absolute Gasteiger partial charge is 0.369 e. The van der Waals surface area contributed by atoms with E-state index in [1.807, 2.05) is 12.1 Å². The van der Waals surface area contributed by atoms with Gasteiger partial charge in [0.1, 0.15) is 6.07 Å². The van der Waals surface area contributed by atoms with Crippen molar-refractivity contribution in [2.75, 3.05) is 18.0 Å². The first-order chi connectivity index (χ1) is 7.72. The van der Waals surface area contributed by atoms with Crippen molar-refractivity contribution in [3.05, 3.63) is 28.8 Å². The van der Waals surface area contributed by atoms with Crippen LogP contribution in [0.25, 0.3) is 0 Å². The van der Waals surface area contributed by atoms with E-state index in [0.29, 0.717) is 10.6 Å². The molecule has 1 fully saturated rings. The van der Waals surface area contributed by atoms with Crippen LogP contribution in [0.4, 0.5) is 5.69 Å². The second kappa shape index (κ2) is 4.73. The summed E-state index contributed by atoms with van der Waals surface area (Å²) in [6.45, 7) is 1.75. The van der Waals surface area contributed by atoms with E-state index in [2.05, 4.69) is 11.0 Å². The highest BCUT2D eigenvalue weighted by Gasteiger charge is 2.20. The van der Waals surface area contributed by atoms with Gasteiger partial charge in [0.25, 0.3) is 0 Å². The summed E-state index contributed by atoms with van der Waals surface area (Å²) in [4.78, 5) is 2.15. The lowest BCUT2D eigenvalue weighted by molar-refractivity contribution is 0.506. The average Bonchev–Trinajstić information content (AvgIpc) is 2.28. The molecule has 2 N–H and O–H groups in total. The summed E-state index contributed by atoms with van der Waals surface area (Å²) in [6.07, 6.45) is 2.12. The van der Waals surface area contributed by atoms with Gasteiger partial charge < -0.3 is 10.6 Å². The van der Waals surface area contributed by atoms with Gasteiger partial charge in [-0.1, -0.05) is 17.7 Å². The summed E-state index contributed by atoms with van der Waals surface area (Å²) in [7, 11) is 0. The molecule has 1 saturated heterocycles. The highest BCUT2D eigenvalue weighted by molar-refractivity contribution is 6.32. The molecule has 0 spiro atoms. The van der Waals surface area contributed by atoms with Gasteiger partial charge in [-0.15, -0.1) is 0 Å². The second-order valence-electron chi connectivity index (χ2n) is 4.09. The molecule has 0 amide bonds. The molecule has 1 aliphatic heterocycles. The molecule has 84 valence electrons. The molecule has 2 rings (SSSR count). The molecule has 1 aromatic carbocycles. The Morgan fingerprint density at radius 1 is 1.50 bits per heavy atom. The number of piperidine rings is 1. The predicted molar refractivity (Wildman–Crippen MR) is 65.6 cm³/mol. The van der Waals surface area contributed by atoms with Gasteiger partial charge >= 0.3 is 0 Å². The van der Waals surface area contributed by atoms with E-state index in [9.17, 15) is 0 Å². The van der Waals surface area contributed by atoms with Crippen LogP contribution in [0.1, 0.15) is 18.4 Å². The van der Waals surface area contributed by atoms with Gasteiger partial charge in [0.05, 0.1) is 16.3 Å². The zero-order valence-electron chi connectivity index (χ0n) is 8.99. The standard InChI is InChI=1S/C12H14ClN3/c13-11-4-1-5-12(10(11)7-14)16-6-2-3-9(15)8-16/h1,4-5,9H,2-3,6,8,15H2/t9-/m0/s1. The van der Waals surface area contributed by atoms with Crippen molar-refractivity contribution in [1.82, 2.24) is 0 Å². The molecule has 0 bridgehead atoms. The van der Waals surface area contributed by atoms with Crippen LogP contribution < -0.4 is 10.6 Å². The van der Waals surface area contributed by atoms with E-state index < -0.39 is 0 Å². The molecule has 1 aromatic rings. The monoisotopic (exact) mass is 235 g/mol. The Kier molecular flexibility index (Phi) is 3.33. The second-order valence-corrected chi connectivity index (χ2v) is 4.50. The van der Waals surface area contributed by atoms with Gasteiger partial charge in [0.15, 0.2) is 0 Å². The Morgan fingerprint density at radius 3 is 3.00 bits per heavy atom. The maximum atomic E-state index is 9.10. The molecule has 0 aliphatic carbocycles. The Bertz CT molecular complexity index is 425. The van der Waals surface area contributed by atoms with Crippen molar-refractivity contribution in [1.29, 1.82) is 5.26 Å². The number of nitrogens with zero attached hydrogens (tertiary/aromatic N) is 2. The molecule has 16 heavy (non-hydrogen) atoms. The van der Waals surface area contributed by atoms with Crippen LogP contribution in [-0.2, 0) is 0 Å². The highest BCUT2D eigenvalue weighted by atomic mass is 35.5. The summed E-state index contributed by atoms with van der Waals surface area (Å²) in [5, 5.41) is 9.62. The number of nitriles is 1. The molecular weight excluding hydrogens is 222 g/mol. The van der Waals surface area contributed by atoms with E-state index in [1.54, 1.807) is 6.07 Å². The van der Waals surface area contributed by atoms with Gasteiger partial charge in [-0.25, -0.2) is 0 Å². The molecule has 1 aliphatic rings. The first-order valence-electron chi connectivity index (χ1n) is 5.41. The van der Waals surface area contributed by atoms with Crippen LogP contribution in [0, 0.1) is 11.3 Å². The highest BCUT2D eigenvalue weighted by Crippen LogP contribution is 2.28. The van der Waals surface area contributed by atoms with Crippen LogP contribution >= 0.6 is 11.6 Å². The van der Waals surface area contributed by atoms with Gasteiger partial charge in [0.2, 0.25) is 0 Å². The molecule has 0 unspecified atom stereocenters. The maximum absolute atomic E-state index is 9.10. The third-order valence-electron chi connectivity index (χ3n) is 2.90. The molecule has 0 saturated carbocycles. The Labute approximate surface area is 100 Å². The number of nitrogens with two attached hydrogens (primary N) is 1. The van der Waals surface area contributed by atoms with E-state index in [1.165, 1.54) is 0 Å². The Morgan fingerprint density at radius 2 is 2.31 bits per heavy atom. The molecule has 4 heteroatoms. The summed E-state index contributed by atoms with van der Waals surface area (Å²) >= 11 is 6.00. The normalized spacial score (nSPS) is 20.6. The van der Waals surface area contributed by atoms with Crippen LogP contribution in [0.2, 0.25) is 5.02 Å². The van der Waals surface area contributed by atoms with Crippen molar-refractivity contribution in [2.24, 2.45) is 5.73 Å². The fourth-order valence-corrected chi connectivity index (χ4v) is 2.33. The number of rotatable bonds is 1. The van der Waals surface area contributed by atoms with Crippen LogP contribution in [0.15, 0.2) is 18.2 Å². The van der Waals surface area contributed by atoms with Crippen molar-refractivity contribution in [2.45, 2.75) is 18.9 Å². The number of hydrogen-bond donors (Lipinski definition) is 1. The maximum Gasteiger partial charge on any atom is 0.103 e. The van der Waals surface area contributed by atoms with Gasteiger partial charge in [-0.05, 0) is 25.0 Å². The minimum absolute atomic E-state index is 0.194. The minimum atomic E-state index is 0.194. The molecule has 1 heterocycles. The SMILES string of the molecule is N#Cc1c(Cl)cccc1N1CCC[C@H](N)C1. The van der Waals surface area contributed by atoms with E-state index in [0.717, 1.165) is 31.6 Å². The topological polar surface area (TPSA) is 53.0 Å². The summed E-state index contributed by atoms with van der Waals surface area (Å²) in [5.74, 6) is 0. The van der Waals surface area contributed by atoms with E-state index in [-0.39, 0.29) is 6.04 Å². The Hall–Kier alpha value is -1.24. The van der Waals surface area contributed by atoms with Crippen molar-refractivity contribution >= 4 is 17.3 Å². The molecule has 0 radical (unpaired) electrons. The van der Waals surface area contributed by atoms with Crippen LogP contribution in [-0.4, -0.2) is 19.1 Å². The lowest BCUT2D eigenvalue weighted by atomic mass is 10.0. The number of halogens is 1. The third kappa shape index (κ3) is 2.13. The van der Waals surface area contributed by atoms with E-state index in [4.69, 9.17) is 22.6 Å². The molecule has 0 aromatic heterocycles. The smallest absolute Gasteiger partial charge is 0.103 e. The fourth-order valence-electron chi connectivity index (χ4n) is 2.12. The van der Waals surface area contributed by atoms with E-state index >= 15 is 0 Å². The van der Waals surface area contributed by atoms with Crippen molar-refractivity contribution < 1.29 is 0 Å². The predicted octanol–water partition coefficient (Wildman–Crippen LogP) is 2.14. The summed E-state index contributed by atoms with van der Waals surface area (Å²) in [5.41, 5.74) is 7.40. The third-order valence-corrected chi connectivity index (χ3v) is 3.22. The van der Waals surface area contributed by atoms with Crippen molar-refractivity contribution in [3.8, 4) is 6.07 Å². The minimum Gasteiger partial charge on any atom is -0.369 e. The summed E-state index contributed by atoms with van der Waals surface area (Å²) in [6, 6.07) is 7.91. The zero-order chi connectivity index (χ0) is 11.5. The molecular formula is C12H14ClN3. The molecule has 3 nitrogen and oxygen atoms in total. The Balaban J connectivity index is 2.33. The summed E-state index contributed by atoms with van der Waals surface area (Å²) < 4.78 is 0. The van der Waals surface area contributed by atoms with Gasteiger partial charge in [-0.3, -0.25) is 0 Å². The van der Waals surface area contributed by atoms with Gasteiger partial charge in [0, 0.05) is 19.1 Å². The van der Waals surface area contributed by atoms with Gasteiger partial charge in [-0.2, -0.15) is 5.26 Å². The first-order valence-corrected chi connectivity index (χ1v) is 5.79. The van der Waals surface area contributed by atoms with Crippen LogP contribution in [0.5, 0.6) is 0 Å². The zero-order valence-corrected chi connectivity index (χ0v) is 9.74. The quantitative estimate of drug-likeness (QED) is 0.812.